The standard InChI is InChI=1S/C29H31N7O.C22H30O2S.CH4O3S/c1-21-5-10-25(18-27(21)34-29-31-13-11-26(33-29)24-4-3-12-30-19-24)32-28(37)23-8-6-22(7-9-23)20-36-16-14-35(2)15-17-36;1-17(2)9-7-10-18(3)11-8-12-19(4)15-16-25-21-14-6-5-13-20(21)22(23)24;1-5(2,3)4/h3-13,18-19H,14-17,20H2,1-2H3,(H,32,37)(H,31,33,34);5-6,9,11,13-15H,7-8,10,12,16H2,1-4H3,(H,23,24);1H3,(H,2,3,4)/b;18-11+,19-15+;. The quantitative estimate of drug-likeness (QED) is 0.0394. The molecular weight excluding hydrogens is 883 g/mol. The van der Waals surface area contributed by atoms with Gasteiger partial charge in [0.15, 0.2) is 0 Å². The first-order chi connectivity index (χ1) is 31.9. The van der Waals surface area contributed by atoms with E-state index in [4.69, 9.17) is 4.55 Å². The molecule has 356 valence electrons. The predicted octanol–water partition coefficient (Wildman–Crippen LogP) is 11.0. The Morgan fingerprint density at radius 3 is 2.16 bits per heavy atom. The highest BCUT2D eigenvalue weighted by Gasteiger charge is 2.15. The number of pyridine rings is 1. The number of likely N-dealkylation sites (N-methyl/N-ethyl adjacent to an activating group) is 1. The summed E-state index contributed by atoms with van der Waals surface area (Å²) in [4.78, 5) is 42.9. The molecule has 0 atom stereocenters. The third kappa shape index (κ3) is 21.0. The Hall–Kier alpha value is -5.97. The van der Waals surface area contributed by atoms with Crippen LogP contribution in [0, 0.1) is 6.92 Å². The number of aromatic carboxylic acids is 1. The maximum atomic E-state index is 12.9. The molecular formula is C52H65N7O6S2. The summed E-state index contributed by atoms with van der Waals surface area (Å²) in [5.41, 5.74) is 10.7. The number of hydrogen-bond acceptors (Lipinski definition) is 11. The Kier molecular flexibility index (Phi) is 22.1. The zero-order valence-electron chi connectivity index (χ0n) is 39.7. The molecule has 1 fully saturated rings. The Balaban J connectivity index is 0.000000284. The number of carbonyl (C=O) groups is 2. The first kappa shape index (κ1) is 53.6. The van der Waals surface area contributed by atoms with Gasteiger partial charge in [-0.05, 0) is 133 Å². The number of amides is 1. The molecule has 1 aliphatic rings. The molecule has 0 bridgehead atoms. The van der Waals surface area contributed by atoms with Crippen molar-refractivity contribution in [1.82, 2.24) is 24.8 Å². The van der Waals surface area contributed by atoms with Crippen LogP contribution in [0.1, 0.15) is 85.2 Å². The predicted molar refractivity (Wildman–Crippen MR) is 274 cm³/mol. The lowest BCUT2D eigenvalue weighted by Crippen LogP contribution is -2.43. The van der Waals surface area contributed by atoms with Crippen molar-refractivity contribution in [2.24, 2.45) is 0 Å². The number of nitrogens with zero attached hydrogens (tertiary/aromatic N) is 5. The molecule has 0 unspecified atom stereocenters. The number of thioether (sulfide) groups is 1. The third-order valence-electron chi connectivity index (χ3n) is 10.5. The molecule has 5 aromatic rings. The fraction of sp³-hybridized carbons (Fsp3) is 0.327. The number of carbonyl (C=O) groups excluding carboxylic acids is 1. The normalized spacial score (nSPS) is 13.3. The van der Waals surface area contributed by atoms with Crippen molar-refractivity contribution in [3.63, 3.8) is 0 Å². The Morgan fingerprint density at radius 1 is 0.836 bits per heavy atom. The second kappa shape index (κ2) is 27.6. The van der Waals surface area contributed by atoms with Gasteiger partial charge in [0.25, 0.3) is 16.0 Å². The van der Waals surface area contributed by atoms with Crippen LogP contribution in [-0.4, -0.2) is 99.9 Å². The van der Waals surface area contributed by atoms with E-state index in [1.54, 1.807) is 42.5 Å². The van der Waals surface area contributed by atoms with Crippen LogP contribution >= 0.6 is 11.8 Å². The second-order valence-corrected chi connectivity index (χ2v) is 19.2. The molecule has 1 saturated heterocycles. The largest absolute Gasteiger partial charge is 0.478 e. The molecule has 0 saturated carbocycles. The summed E-state index contributed by atoms with van der Waals surface area (Å²) < 4.78 is 25.9. The molecule has 15 heteroatoms. The van der Waals surface area contributed by atoms with Crippen LogP contribution in [0.3, 0.4) is 0 Å². The van der Waals surface area contributed by atoms with Gasteiger partial charge < -0.3 is 20.6 Å². The van der Waals surface area contributed by atoms with Crippen LogP contribution in [0.4, 0.5) is 17.3 Å². The molecule has 2 aromatic heterocycles. The van der Waals surface area contributed by atoms with Crippen molar-refractivity contribution in [2.75, 3.05) is 55.9 Å². The van der Waals surface area contributed by atoms with Crippen molar-refractivity contribution in [3.05, 3.63) is 161 Å². The first-order valence-electron chi connectivity index (χ1n) is 22.2. The molecule has 3 heterocycles. The van der Waals surface area contributed by atoms with Gasteiger partial charge >= 0.3 is 5.97 Å². The molecule has 0 spiro atoms. The van der Waals surface area contributed by atoms with Gasteiger partial charge in [-0.2, -0.15) is 8.42 Å². The number of carboxylic acid groups (broad SMARTS) is 1. The number of nitrogens with one attached hydrogen (secondary N) is 2. The van der Waals surface area contributed by atoms with Gasteiger partial charge in [0.1, 0.15) is 0 Å². The van der Waals surface area contributed by atoms with Crippen molar-refractivity contribution in [1.29, 1.82) is 0 Å². The van der Waals surface area contributed by atoms with Crippen molar-refractivity contribution >= 4 is 51.1 Å². The summed E-state index contributed by atoms with van der Waals surface area (Å²) in [7, 11) is -1.51. The number of allylic oxidation sites excluding steroid dienone is 5. The highest BCUT2D eigenvalue weighted by Crippen LogP contribution is 2.26. The van der Waals surface area contributed by atoms with E-state index in [0.717, 1.165) is 91.6 Å². The summed E-state index contributed by atoms with van der Waals surface area (Å²) in [6.07, 6.45) is 17.1. The average Bonchev–Trinajstić information content (AvgIpc) is 3.28. The van der Waals surface area contributed by atoms with E-state index in [9.17, 15) is 23.1 Å². The third-order valence-corrected chi connectivity index (χ3v) is 11.5. The fourth-order valence-electron chi connectivity index (χ4n) is 6.66. The minimum Gasteiger partial charge on any atom is -0.478 e. The monoisotopic (exact) mass is 947 g/mol. The summed E-state index contributed by atoms with van der Waals surface area (Å²) >= 11 is 1.58. The fourth-order valence-corrected chi connectivity index (χ4v) is 7.69. The van der Waals surface area contributed by atoms with Crippen molar-refractivity contribution < 1.29 is 27.7 Å². The Morgan fingerprint density at radius 2 is 1.51 bits per heavy atom. The average molecular weight is 948 g/mol. The molecule has 1 aliphatic heterocycles. The van der Waals surface area contributed by atoms with Gasteiger partial charge in [-0.1, -0.05) is 65.3 Å². The van der Waals surface area contributed by atoms with Crippen LogP contribution in [0.5, 0.6) is 0 Å². The number of aromatic nitrogens is 3. The van der Waals surface area contributed by atoms with Crippen LogP contribution < -0.4 is 10.6 Å². The minimum absolute atomic E-state index is 0.143. The smallest absolute Gasteiger partial charge is 0.336 e. The van der Waals surface area contributed by atoms with Crippen LogP contribution in [0.25, 0.3) is 11.3 Å². The number of carboxylic acids is 1. The summed E-state index contributed by atoms with van der Waals surface area (Å²) in [5, 5.41) is 15.5. The van der Waals surface area contributed by atoms with Gasteiger partial charge in [0.2, 0.25) is 5.95 Å². The minimum atomic E-state index is -3.67. The van der Waals surface area contributed by atoms with Crippen molar-refractivity contribution in [2.45, 2.75) is 71.7 Å². The molecule has 6 rings (SSSR count). The number of piperazine rings is 1. The van der Waals surface area contributed by atoms with E-state index >= 15 is 0 Å². The van der Waals surface area contributed by atoms with Crippen LogP contribution in [0.15, 0.2) is 143 Å². The van der Waals surface area contributed by atoms with E-state index in [-0.39, 0.29) is 5.91 Å². The van der Waals surface area contributed by atoms with E-state index in [2.05, 4.69) is 88.4 Å². The van der Waals surface area contributed by atoms with E-state index < -0.39 is 16.1 Å². The van der Waals surface area contributed by atoms with Gasteiger partial charge in [0.05, 0.1) is 17.5 Å². The maximum absolute atomic E-state index is 12.9. The summed E-state index contributed by atoms with van der Waals surface area (Å²) in [5.74, 6) is 0.275. The number of rotatable bonds is 17. The maximum Gasteiger partial charge on any atom is 0.336 e. The number of benzene rings is 3. The summed E-state index contributed by atoms with van der Waals surface area (Å²) in [6.45, 7) is 15.9. The zero-order valence-corrected chi connectivity index (χ0v) is 41.3. The van der Waals surface area contributed by atoms with Gasteiger partial charge in [-0.3, -0.25) is 19.2 Å². The molecule has 3 aromatic carbocycles. The SMILES string of the molecule is CC(C)=CCC/C(C)=C/CC/C(C)=C/CSc1ccccc1C(=O)O.CS(=O)(=O)O.Cc1ccc(NC(=O)c2ccc(CN3CCN(C)CC3)cc2)cc1Nc1nccc(-c2cccnc2)n1. The Bertz CT molecular complexity index is 2560. The highest BCUT2D eigenvalue weighted by molar-refractivity contribution is 7.99. The molecule has 0 radical (unpaired) electrons. The van der Waals surface area contributed by atoms with Crippen LogP contribution in [-0.2, 0) is 16.7 Å². The number of hydrogen-bond donors (Lipinski definition) is 4. The van der Waals surface area contributed by atoms with Crippen molar-refractivity contribution in [3.8, 4) is 11.3 Å². The lowest BCUT2D eigenvalue weighted by molar-refractivity contribution is 0.0692. The molecule has 0 aliphatic carbocycles. The lowest BCUT2D eigenvalue weighted by Gasteiger charge is -2.32. The molecule has 1 amide bonds. The second-order valence-electron chi connectivity index (χ2n) is 16.7. The number of anilines is 3. The first-order valence-corrected chi connectivity index (χ1v) is 25.0. The number of aryl methyl sites for hydroxylation is 1. The highest BCUT2D eigenvalue weighted by atomic mass is 32.2. The van der Waals surface area contributed by atoms with Gasteiger partial charge in [-0.25, -0.2) is 14.8 Å². The van der Waals surface area contributed by atoms with E-state index in [1.165, 1.54) is 22.3 Å². The Labute approximate surface area is 401 Å². The zero-order chi connectivity index (χ0) is 48.8. The van der Waals surface area contributed by atoms with E-state index in [0.29, 0.717) is 29.0 Å². The van der Waals surface area contributed by atoms with Gasteiger partial charge in [-0.15, -0.1) is 11.8 Å². The molecule has 67 heavy (non-hydrogen) atoms. The van der Waals surface area contributed by atoms with Gasteiger partial charge in [0, 0.05) is 84.5 Å². The molecule has 13 nitrogen and oxygen atoms in total. The topological polar surface area (TPSA) is 178 Å². The van der Waals surface area contributed by atoms with Crippen LogP contribution in [0.2, 0.25) is 0 Å². The van der Waals surface area contributed by atoms with E-state index in [1.807, 2.05) is 79.7 Å². The molecule has 4 N–H and O–H groups in total. The lowest BCUT2D eigenvalue weighted by atomic mass is 10.1. The summed E-state index contributed by atoms with van der Waals surface area (Å²) in [6, 6.07) is 26.5.